The molecule has 6 heteroatoms. The van der Waals surface area contributed by atoms with E-state index in [9.17, 15) is 14.7 Å². The number of halogens is 1. The number of carbonyl (C=O) groups is 2. The van der Waals surface area contributed by atoms with Crippen LogP contribution in [0, 0.1) is 0 Å². The molecule has 0 aromatic heterocycles. The number of thioether (sulfide) groups is 1. The lowest BCUT2D eigenvalue weighted by Gasteiger charge is -2.07. The van der Waals surface area contributed by atoms with Gasteiger partial charge >= 0.3 is 0 Å². The largest absolute Gasteiger partial charge is 0.507 e. The Labute approximate surface area is 117 Å². The molecule has 1 N–H and O–H groups in total. The Balaban J connectivity index is 2.38. The topological polar surface area (TPSA) is 57.6 Å². The molecule has 1 heterocycles. The van der Waals surface area contributed by atoms with Crippen molar-refractivity contribution in [2.45, 2.75) is 6.92 Å². The van der Waals surface area contributed by atoms with Crippen molar-refractivity contribution in [3.8, 4) is 5.75 Å². The second kappa shape index (κ2) is 5.16. The Bertz CT molecular complexity index is 556. The van der Waals surface area contributed by atoms with Crippen LogP contribution in [0.5, 0.6) is 5.75 Å². The van der Waals surface area contributed by atoms with Gasteiger partial charge in [0.05, 0.1) is 4.91 Å². The number of phenolic OH excluding ortho intramolecular Hbond substituents is 1. The van der Waals surface area contributed by atoms with Crippen LogP contribution >= 0.6 is 27.7 Å². The van der Waals surface area contributed by atoms with Gasteiger partial charge in [-0.1, -0.05) is 15.9 Å². The van der Waals surface area contributed by atoms with E-state index in [1.54, 1.807) is 19.1 Å². The van der Waals surface area contributed by atoms with Gasteiger partial charge < -0.3 is 5.11 Å². The molecule has 4 nitrogen and oxygen atoms in total. The van der Waals surface area contributed by atoms with Crippen molar-refractivity contribution in [3.63, 3.8) is 0 Å². The highest BCUT2D eigenvalue weighted by atomic mass is 79.9. The molecule has 18 heavy (non-hydrogen) atoms. The number of hydrogen-bond acceptors (Lipinski definition) is 4. The highest BCUT2D eigenvalue weighted by Gasteiger charge is 2.33. The first-order valence-corrected chi connectivity index (χ1v) is 6.87. The molecule has 1 fully saturated rings. The molecule has 1 aromatic rings. The van der Waals surface area contributed by atoms with Crippen LogP contribution in [0.25, 0.3) is 6.08 Å². The van der Waals surface area contributed by atoms with Crippen molar-refractivity contribution < 1.29 is 14.7 Å². The van der Waals surface area contributed by atoms with Gasteiger partial charge in [-0.05, 0) is 43.0 Å². The fourth-order valence-corrected chi connectivity index (χ4v) is 2.83. The van der Waals surface area contributed by atoms with Gasteiger partial charge in [-0.25, -0.2) is 0 Å². The molecule has 0 spiro atoms. The Morgan fingerprint density at radius 2 is 2.17 bits per heavy atom. The van der Waals surface area contributed by atoms with Gasteiger partial charge in [0.1, 0.15) is 5.75 Å². The van der Waals surface area contributed by atoms with E-state index in [0.717, 1.165) is 16.2 Å². The Morgan fingerprint density at radius 1 is 1.44 bits per heavy atom. The number of imide groups is 1. The van der Waals surface area contributed by atoms with E-state index < -0.39 is 0 Å². The van der Waals surface area contributed by atoms with Crippen molar-refractivity contribution >= 4 is 44.9 Å². The maximum Gasteiger partial charge on any atom is 0.293 e. The van der Waals surface area contributed by atoms with E-state index in [0.29, 0.717) is 17.0 Å². The maximum absolute atomic E-state index is 11.9. The van der Waals surface area contributed by atoms with Crippen LogP contribution in [0.15, 0.2) is 27.6 Å². The number of benzene rings is 1. The van der Waals surface area contributed by atoms with Gasteiger partial charge in [-0.15, -0.1) is 0 Å². The van der Waals surface area contributed by atoms with Gasteiger partial charge in [0.25, 0.3) is 11.1 Å². The number of hydrogen-bond donors (Lipinski definition) is 1. The summed E-state index contributed by atoms with van der Waals surface area (Å²) < 4.78 is 0.793. The summed E-state index contributed by atoms with van der Waals surface area (Å²) in [4.78, 5) is 24.9. The van der Waals surface area contributed by atoms with E-state index >= 15 is 0 Å². The summed E-state index contributed by atoms with van der Waals surface area (Å²) in [6, 6.07) is 4.92. The minimum atomic E-state index is -0.313. The van der Waals surface area contributed by atoms with Crippen LogP contribution in [0.1, 0.15) is 12.5 Å². The minimum Gasteiger partial charge on any atom is -0.507 e. The fraction of sp³-hybridized carbons (Fsp3) is 0.167. The van der Waals surface area contributed by atoms with Gasteiger partial charge in [0, 0.05) is 16.6 Å². The molecule has 94 valence electrons. The lowest BCUT2D eigenvalue weighted by atomic mass is 10.2. The zero-order chi connectivity index (χ0) is 13.3. The van der Waals surface area contributed by atoms with Gasteiger partial charge in [-0.2, -0.15) is 0 Å². The van der Waals surface area contributed by atoms with E-state index in [1.165, 1.54) is 17.0 Å². The van der Waals surface area contributed by atoms with Crippen LogP contribution < -0.4 is 0 Å². The number of amides is 2. The molecule has 0 saturated carbocycles. The summed E-state index contributed by atoms with van der Waals surface area (Å²) in [5.41, 5.74) is 0.506. The van der Waals surface area contributed by atoms with Gasteiger partial charge in [-0.3, -0.25) is 14.5 Å². The SMILES string of the molecule is CCN1C(=O)S/C(=C/c2cc(Br)ccc2O)C1=O. The van der Waals surface area contributed by atoms with Crippen molar-refractivity contribution in [1.82, 2.24) is 4.90 Å². The van der Waals surface area contributed by atoms with Crippen LogP contribution in [0.4, 0.5) is 4.79 Å². The first-order chi connectivity index (χ1) is 8.52. The predicted octanol–water partition coefficient (Wildman–Crippen LogP) is 3.21. The summed E-state index contributed by atoms with van der Waals surface area (Å²) >= 11 is 4.18. The predicted molar refractivity (Wildman–Crippen MR) is 74.2 cm³/mol. The Morgan fingerprint density at radius 3 is 2.78 bits per heavy atom. The number of aromatic hydroxyl groups is 1. The summed E-state index contributed by atoms with van der Waals surface area (Å²) in [5, 5.41) is 9.41. The zero-order valence-corrected chi connectivity index (χ0v) is 11.9. The maximum atomic E-state index is 11.9. The first-order valence-electron chi connectivity index (χ1n) is 5.27. The zero-order valence-electron chi connectivity index (χ0n) is 9.51. The van der Waals surface area contributed by atoms with E-state index in [4.69, 9.17) is 0 Å². The van der Waals surface area contributed by atoms with E-state index in [-0.39, 0.29) is 16.9 Å². The molecule has 1 saturated heterocycles. The van der Waals surface area contributed by atoms with Crippen molar-refractivity contribution in [2.24, 2.45) is 0 Å². The molecule has 2 rings (SSSR count). The Hall–Kier alpha value is -1.27. The fourth-order valence-electron chi connectivity index (χ4n) is 1.55. The lowest BCUT2D eigenvalue weighted by molar-refractivity contribution is -0.122. The minimum absolute atomic E-state index is 0.0708. The molecule has 1 aliphatic rings. The van der Waals surface area contributed by atoms with Crippen LogP contribution in [0.2, 0.25) is 0 Å². The highest BCUT2D eigenvalue weighted by molar-refractivity contribution is 9.10. The molecule has 1 aromatic carbocycles. The molecule has 1 aliphatic heterocycles. The van der Waals surface area contributed by atoms with Crippen molar-refractivity contribution in [2.75, 3.05) is 6.54 Å². The van der Waals surface area contributed by atoms with Crippen molar-refractivity contribution in [1.29, 1.82) is 0 Å². The number of rotatable bonds is 2. The summed E-state index contributed by atoms with van der Waals surface area (Å²) in [6.45, 7) is 2.10. The standard InChI is InChI=1S/C12H10BrNO3S/c1-2-14-11(16)10(18-12(14)17)6-7-5-8(13)3-4-9(7)15/h3-6,15H,2H2,1H3/b10-6+. The average Bonchev–Trinajstić information content (AvgIpc) is 2.59. The van der Waals surface area contributed by atoms with E-state index in [2.05, 4.69) is 15.9 Å². The smallest absolute Gasteiger partial charge is 0.293 e. The molecule has 0 radical (unpaired) electrons. The number of nitrogens with zero attached hydrogens (tertiary/aromatic N) is 1. The normalized spacial score (nSPS) is 17.9. The lowest BCUT2D eigenvalue weighted by Crippen LogP contribution is -2.27. The highest BCUT2D eigenvalue weighted by Crippen LogP contribution is 2.34. The summed E-state index contributed by atoms with van der Waals surface area (Å²) in [5.74, 6) is -0.242. The molecule has 0 bridgehead atoms. The molecule has 0 unspecified atom stereocenters. The quantitative estimate of drug-likeness (QED) is 0.847. The second-order valence-electron chi connectivity index (χ2n) is 3.63. The third-order valence-corrected chi connectivity index (χ3v) is 3.87. The third-order valence-electron chi connectivity index (χ3n) is 2.47. The van der Waals surface area contributed by atoms with E-state index in [1.807, 2.05) is 0 Å². The second-order valence-corrected chi connectivity index (χ2v) is 5.54. The number of phenols is 1. The van der Waals surface area contributed by atoms with Gasteiger partial charge in [0.2, 0.25) is 0 Å². The molecule has 2 amide bonds. The Kier molecular flexibility index (Phi) is 3.77. The molecular weight excluding hydrogens is 318 g/mol. The van der Waals surface area contributed by atoms with Crippen molar-refractivity contribution in [3.05, 3.63) is 33.1 Å². The molecular formula is C12H10BrNO3S. The number of likely N-dealkylation sites (N-methyl/N-ethyl adjacent to an activating group) is 1. The first kappa shape index (κ1) is 13.2. The third kappa shape index (κ3) is 2.44. The van der Waals surface area contributed by atoms with Crippen LogP contribution in [0.3, 0.4) is 0 Å². The number of carbonyl (C=O) groups excluding carboxylic acids is 2. The summed E-state index contributed by atoms with van der Waals surface area (Å²) in [7, 11) is 0. The molecule has 0 aliphatic carbocycles. The van der Waals surface area contributed by atoms with Gasteiger partial charge in [0.15, 0.2) is 0 Å². The molecule has 0 atom stereocenters. The van der Waals surface area contributed by atoms with Crippen LogP contribution in [-0.4, -0.2) is 27.7 Å². The monoisotopic (exact) mass is 327 g/mol. The summed E-state index contributed by atoms with van der Waals surface area (Å²) in [6.07, 6.45) is 1.53. The van der Waals surface area contributed by atoms with Crippen LogP contribution in [-0.2, 0) is 4.79 Å². The average molecular weight is 328 g/mol.